The average Bonchev–Trinajstić information content (AvgIpc) is 2.41. The quantitative estimate of drug-likeness (QED) is 0.617. The van der Waals surface area contributed by atoms with Crippen LogP contribution in [0.4, 0.5) is 0 Å². The summed E-state index contributed by atoms with van der Waals surface area (Å²) in [6, 6.07) is 12.7. The van der Waals surface area contributed by atoms with Gasteiger partial charge in [0.25, 0.3) is 0 Å². The van der Waals surface area contributed by atoms with Crippen LogP contribution in [0.2, 0.25) is 5.02 Å². The lowest BCUT2D eigenvalue weighted by Crippen LogP contribution is -2.10. The van der Waals surface area contributed by atoms with Gasteiger partial charge in [-0.25, -0.2) is 0 Å². The lowest BCUT2D eigenvalue weighted by atomic mass is 9.87. The van der Waals surface area contributed by atoms with Crippen LogP contribution >= 0.6 is 11.6 Å². The zero-order valence-electron chi connectivity index (χ0n) is 14.8. The van der Waals surface area contributed by atoms with Gasteiger partial charge in [0.15, 0.2) is 0 Å². The molecule has 0 fully saturated rings. The van der Waals surface area contributed by atoms with E-state index in [1.54, 1.807) is 24.3 Å². The molecular formula is C20H27ClO2. The second-order valence-corrected chi connectivity index (χ2v) is 8.12. The van der Waals surface area contributed by atoms with Crippen molar-refractivity contribution in [3.63, 3.8) is 0 Å². The first kappa shape index (κ1) is 19.4. The van der Waals surface area contributed by atoms with E-state index < -0.39 is 0 Å². The monoisotopic (exact) mass is 334 g/mol. The Morgan fingerprint density at radius 3 is 1.52 bits per heavy atom. The molecule has 0 radical (unpaired) electrons. The molecular weight excluding hydrogens is 308 g/mol. The first-order valence-corrected chi connectivity index (χ1v) is 8.07. The third kappa shape index (κ3) is 6.15. The largest absolute Gasteiger partial charge is 0.508 e. The Balaban J connectivity index is 0.000000231. The highest BCUT2D eigenvalue weighted by Crippen LogP contribution is 2.30. The van der Waals surface area contributed by atoms with Crippen molar-refractivity contribution in [3.05, 3.63) is 58.6 Å². The van der Waals surface area contributed by atoms with Crippen LogP contribution in [0.15, 0.2) is 42.5 Å². The predicted octanol–water partition coefficient (Wildman–Crippen LogP) is 6.03. The molecule has 0 saturated carbocycles. The van der Waals surface area contributed by atoms with Crippen molar-refractivity contribution >= 4 is 11.6 Å². The fourth-order valence-corrected chi connectivity index (χ4v) is 2.12. The molecule has 0 saturated heterocycles. The van der Waals surface area contributed by atoms with Gasteiger partial charge in [-0.3, -0.25) is 0 Å². The number of rotatable bonds is 0. The number of aromatic hydroxyl groups is 2. The van der Waals surface area contributed by atoms with E-state index in [0.29, 0.717) is 10.8 Å². The molecule has 126 valence electrons. The Bertz CT molecular complexity index is 632. The van der Waals surface area contributed by atoms with Gasteiger partial charge in [-0.1, -0.05) is 71.3 Å². The fourth-order valence-electron chi connectivity index (χ4n) is 1.93. The Kier molecular flexibility index (Phi) is 6.12. The van der Waals surface area contributed by atoms with E-state index in [9.17, 15) is 5.11 Å². The van der Waals surface area contributed by atoms with E-state index in [0.717, 1.165) is 5.56 Å². The second kappa shape index (κ2) is 7.27. The SMILES string of the molecule is CC(C)(C)c1ccc(O)c(Cl)c1.CC(C)(C)c1ccc(O)cc1. The Hall–Kier alpha value is -1.67. The molecule has 2 aromatic carbocycles. The summed E-state index contributed by atoms with van der Waals surface area (Å²) in [5.74, 6) is 0.475. The molecule has 2 aromatic rings. The van der Waals surface area contributed by atoms with Gasteiger partial charge in [0.05, 0.1) is 5.02 Å². The molecule has 3 heteroatoms. The summed E-state index contributed by atoms with van der Waals surface area (Å²) in [7, 11) is 0. The third-order valence-electron chi connectivity index (χ3n) is 3.55. The van der Waals surface area contributed by atoms with Crippen LogP contribution in [0.25, 0.3) is 0 Å². The van der Waals surface area contributed by atoms with Crippen molar-refractivity contribution < 1.29 is 10.2 Å². The fraction of sp³-hybridized carbons (Fsp3) is 0.400. The van der Waals surface area contributed by atoms with Gasteiger partial charge in [0.2, 0.25) is 0 Å². The van der Waals surface area contributed by atoms with E-state index in [2.05, 4.69) is 41.5 Å². The van der Waals surface area contributed by atoms with Crippen LogP contribution in [0, 0.1) is 0 Å². The summed E-state index contributed by atoms with van der Waals surface area (Å²) < 4.78 is 0. The first-order valence-electron chi connectivity index (χ1n) is 7.70. The molecule has 0 atom stereocenters. The highest BCUT2D eigenvalue weighted by Gasteiger charge is 2.14. The Labute approximate surface area is 144 Å². The third-order valence-corrected chi connectivity index (χ3v) is 3.85. The van der Waals surface area contributed by atoms with Crippen molar-refractivity contribution in [2.75, 3.05) is 0 Å². The molecule has 2 N–H and O–H groups in total. The van der Waals surface area contributed by atoms with Gasteiger partial charge >= 0.3 is 0 Å². The van der Waals surface area contributed by atoms with Gasteiger partial charge in [-0.2, -0.15) is 0 Å². The van der Waals surface area contributed by atoms with Gasteiger partial charge < -0.3 is 10.2 Å². The second-order valence-electron chi connectivity index (χ2n) is 7.71. The molecule has 0 amide bonds. The molecule has 2 nitrogen and oxygen atoms in total. The smallest absolute Gasteiger partial charge is 0.134 e. The standard InChI is InChI=1S/C10H13ClO.C10H14O/c1-10(2,3)7-4-5-9(12)8(11)6-7;1-10(2,3)8-4-6-9(11)7-5-8/h4-6,12H,1-3H3;4-7,11H,1-3H3. The number of phenols is 2. The zero-order valence-corrected chi connectivity index (χ0v) is 15.6. The van der Waals surface area contributed by atoms with Crippen molar-refractivity contribution in [2.45, 2.75) is 52.4 Å². The topological polar surface area (TPSA) is 40.5 Å². The lowest BCUT2D eigenvalue weighted by molar-refractivity contribution is 0.473. The maximum atomic E-state index is 9.18. The molecule has 0 aliphatic heterocycles. The maximum Gasteiger partial charge on any atom is 0.134 e. The summed E-state index contributed by atoms with van der Waals surface area (Å²) in [5, 5.41) is 18.6. The number of benzene rings is 2. The van der Waals surface area contributed by atoms with Crippen molar-refractivity contribution in [2.24, 2.45) is 0 Å². The molecule has 23 heavy (non-hydrogen) atoms. The van der Waals surface area contributed by atoms with Gasteiger partial charge in [0.1, 0.15) is 11.5 Å². The Morgan fingerprint density at radius 1 is 0.696 bits per heavy atom. The van der Waals surface area contributed by atoms with Crippen molar-refractivity contribution in [1.82, 2.24) is 0 Å². The average molecular weight is 335 g/mol. The minimum absolute atomic E-state index is 0.0807. The molecule has 0 aliphatic carbocycles. The molecule has 0 spiro atoms. The summed E-state index contributed by atoms with van der Waals surface area (Å²) in [6.07, 6.45) is 0. The molecule has 0 aromatic heterocycles. The van der Waals surface area contributed by atoms with Gasteiger partial charge in [0, 0.05) is 0 Å². The summed E-state index contributed by atoms with van der Waals surface area (Å²) in [5.41, 5.74) is 2.63. The summed E-state index contributed by atoms with van der Waals surface area (Å²) in [4.78, 5) is 0. The normalized spacial score (nSPS) is 11.6. The highest BCUT2D eigenvalue weighted by molar-refractivity contribution is 6.32. The lowest BCUT2D eigenvalue weighted by Gasteiger charge is -2.19. The predicted molar refractivity (Wildman–Crippen MR) is 98.6 cm³/mol. The minimum Gasteiger partial charge on any atom is -0.508 e. The maximum absolute atomic E-state index is 9.18. The number of halogens is 1. The Morgan fingerprint density at radius 2 is 1.13 bits per heavy atom. The van der Waals surface area contributed by atoms with E-state index in [1.165, 1.54) is 5.56 Å². The molecule has 2 rings (SSSR count). The van der Waals surface area contributed by atoms with Crippen LogP contribution < -0.4 is 0 Å². The number of phenolic OH excluding ortho intramolecular Hbond substituents is 2. The van der Waals surface area contributed by atoms with Crippen LogP contribution in [0.1, 0.15) is 52.7 Å². The molecule has 0 unspecified atom stereocenters. The van der Waals surface area contributed by atoms with Gasteiger partial charge in [-0.15, -0.1) is 0 Å². The zero-order chi connectivity index (χ0) is 17.8. The summed E-state index contributed by atoms with van der Waals surface area (Å²) in [6.45, 7) is 12.8. The van der Waals surface area contributed by atoms with Crippen molar-refractivity contribution in [3.8, 4) is 11.5 Å². The van der Waals surface area contributed by atoms with Gasteiger partial charge in [-0.05, 0) is 46.2 Å². The number of hydrogen-bond acceptors (Lipinski definition) is 2. The van der Waals surface area contributed by atoms with Crippen LogP contribution in [0.3, 0.4) is 0 Å². The van der Waals surface area contributed by atoms with Crippen LogP contribution in [-0.2, 0) is 10.8 Å². The van der Waals surface area contributed by atoms with Crippen LogP contribution in [0.5, 0.6) is 11.5 Å². The summed E-state index contributed by atoms with van der Waals surface area (Å²) >= 11 is 5.77. The molecule has 0 bridgehead atoms. The first-order chi connectivity index (χ1) is 10.4. The van der Waals surface area contributed by atoms with E-state index >= 15 is 0 Å². The van der Waals surface area contributed by atoms with E-state index in [-0.39, 0.29) is 16.6 Å². The molecule has 0 heterocycles. The number of hydrogen-bond donors (Lipinski definition) is 2. The van der Waals surface area contributed by atoms with E-state index in [1.807, 2.05) is 18.2 Å². The van der Waals surface area contributed by atoms with E-state index in [4.69, 9.17) is 16.7 Å². The van der Waals surface area contributed by atoms with Crippen LogP contribution in [-0.4, -0.2) is 10.2 Å². The minimum atomic E-state index is 0.0807. The molecule has 0 aliphatic rings. The van der Waals surface area contributed by atoms with Crippen molar-refractivity contribution in [1.29, 1.82) is 0 Å². The highest BCUT2D eigenvalue weighted by atomic mass is 35.5.